The average Bonchev–Trinajstić information content (AvgIpc) is 2.74. The van der Waals surface area contributed by atoms with Crippen LogP contribution in [0.3, 0.4) is 0 Å². The highest BCUT2D eigenvalue weighted by Crippen LogP contribution is 2.32. The maximum atomic E-state index is 12.7. The lowest BCUT2D eigenvalue weighted by molar-refractivity contribution is 0.0923. The SMILES string of the molecule is COc1ccc(C(CNC(=O)c2ccccc2C)N2CCCCC2)cc1OC. The number of aryl methyl sites for hydroxylation is 1. The molecule has 5 heteroatoms. The zero-order chi connectivity index (χ0) is 19.9. The summed E-state index contributed by atoms with van der Waals surface area (Å²) >= 11 is 0. The normalized spacial score (nSPS) is 15.7. The van der Waals surface area contributed by atoms with Gasteiger partial charge < -0.3 is 14.8 Å². The van der Waals surface area contributed by atoms with Crippen molar-refractivity contribution in [2.45, 2.75) is 32.2 Å². The zero-order valence-corrected chi connectivity index (χ0v) is 17.0. The Morgan fingerprint density at radius 2 is 1.75 bits per heavy atom. The van der Waals surface area contributed by atoms with Gasteiger partial charge >= 0.3 is 0 Å². The lowest BCUT2D eigenvalue weighted by atomic mass is 10.0. The second-order valence-corrected chi connectivity index (χ2v) is 7.25. The minimum atomic E-state index is -0.0272. The highest BCUT2D eigenvalue weighted by molar-refractivity contribution is 5.95. The third kappa shape index (κ3) is 4.65. The van der Waals surface area contributed by atoms with Crippen LogP contribution in [0.1, 0.15) is 46.8 Å². The molecule has 0 saturated carbocycles. The van der Waals surface area contributed by atoms with Gasteiger partial charge in [0.1, 0.15) is 0 Å². The first-order valence-electron chi connectivity index (χ1n) is 9.94. The van der Waals surface area contributed by atoms with Gasteiger partial charge in [-0.25, -0.2) is 0 Å². The van der Waals surface area contributed by atoms with Crippen molar-refractivity contribution in [3.05, 3.63) is 59.2 Å². The van der Waals surface area contributed by atoms with Crippen molar-refractivity contribution >= 4 is 5.91 Å². The van der Waals surface area contributed by atoms with E-state index < -0.39 is 0 Å². The molecule has 1 heterocycles. The van der Waals surface area contributed by atoms with E-state index >= 15 is 0 Å². The van der Waals surface area contributed by atoms with E-state index in [4.69, 9.17) is 9.47 Å². The summed E-state index contributed by atoms with van der Waals surface area (Å²) in [6.45, 7) is 4.60. The molecule has 0 aliphatic carbocycles. The van der Waals surface area contributed by atoms with Gasteiger partial charge in [0.05, 0.1) is 20.3 Å². The van der Waals surface area contributed by atoms with Crippen LogP contribution in [0, 0.1) is 6.92 Å². The fraction of sp³-hybridized carbons (Fsp3) is 0.435. The number of amides is 1. The van der Waals surface area contributed by atoms with Gasteiger partial charge in [0, 0.05) is 12.1 Å². The fourth-order valence-electron chi connectivity index (χ4n) is 3.86. The molecule has 2 aromatic rings. The number of carbonyl (C=O) groups is 1. The summed E-state index contributed by atoms with van der Waals surface area (Å²) < 4.78 is 10.9. The maximum Gasteiger partial charge on any atom is 0.251 e. The summed E-state index contributed by atoms with van der Waals surface area (Å²) in [5.74, 6) is 1.40. The molecule has 150 valence electrons. The molecule has 1 aliphatic heterocycles. The zero-order valence-electron chi connectivity index (χ0n) is 17.0. The number of nitrogens with one attached hydrogen (secondary N) is 1. The quantitative estimate of drug-likeness (QED) is 0.787. The number of hydrogen-bond acceptors (Lipinski definition) is 4. The minimum absolute atomic E-state index is 0.0272. The van der Waals surface area contributed by atoms with Crippen LogP contribution in [-0.4, -0.2) is 44.7 Å². The minimum Gasteiger partial charge on any atom is -0.493 e. The molecule has 1 N–H and O–H groups in total. The Balaban J connectivity index is 1.81. The Bertz CT molecular complexity index is 800. The number of hydrogen-bond donors (Lipinski definition) is 1. The molecule has 0 bridgehead atoms. The van der Waals surface area contributed by atoms with E-state index in [2.05, 4.69) is 16.3 Å². The van der Waals surface area contributed by atoms with Crippen molar-refractivity contribution < 1.29 is 14.3 Å². The molecule has 1 unspecified atom stereocenters. The monoisotopic (exact) mass is 382 g/mol. The lowest BCUT2D eigenvalue weighted by Gasteiger charge is -2.35. The van der Waals surface area contributed by atoms with E-state index in [0.29, 0.717) is 18.0 Å². The number of piperidine rings is 1. The highest BCUT2D eigenvalue weighted by atomic mass is 16.5. The number of ether oxygens (including phenoxy) is 2. The van der Waals surface area contributed by atoms with Crippen molar-refractivity contribution in [3.63, 3.8) is 0 Å². The molecule has 0 spiro atoms. The van der Waals surface area contributed by atoms with Gasteiger partial charge in [0.2, 0.25) is 0 Å². The third-order valence-corrected chi connectivity index (χ3v) is 5.47. The molecule has 1 aliphatic rings. The summed E-state index contributed by atoms with van der Waals surface area (Å²) in [6.07, 6.45) is 3.65. The van der Waals surface area contributed by atoms with E-state index in [0.717, 1.165) is 29.8 Å². The first kappa shape index (κ1) is 20.2. The van der Waals surface area contributed by atoms with Crippen LogP contribution < -0.4 is 14.8 Å². The molecule has 1 fully saturated rings. The molecule has 28 heavy (non-hydrogen) atoms. The number of methoxy groups -OCH3 is 2. The van der Waals surface area contributed by atoms with Crippen LogP contribution in [0.5, 0.6) is 11.5 Å². The van der Waals surface area contributed by atoms with Gasteiger partial charge in [0.25, 0.3) is 5.91 Å². The fourth-order valence-corrected chi connectivity index (χ4v) is 3.86. The van der Waals surface area contributed by atoms with Crippen molar-refractivity contribution in [2.24, 2.45) is 0 Å². The number of likely N-dealkylation sites (tertiary alicyclic amines) is 1. The topological polar surface area (TPSA) is 50.8 Å². The van der Waals surface area contributed by atoms with E-state index in [9.17, 15) is 4.79 Å². The molecule has 1 saturated heterocycles. The maximum absolute atomic E-state index is 12.7. The first-order chi connectivity index (χ1) is 13.6. The molecule has 0 radical (unpaired) electrons. The number of benzene rings is 2. The van der Waals surface area contributed by atoms with Crippen molar-refractivity contribution in [3.8, 4) is 11.5 Å². The predicted molar refractivity (Wildman–Crippen MR) is 111 cm³/mol. The van der Waals surface area contributed by atoms with Crippen molar-refractivity contribution in [1.29, 1.82) is 0 Å². The van der Waals surface area contributed by atoms with E-state index in [1.54, 1.807) is 14.2 Å². The molecule has 5 nitrogen and oxygen atoms in total. The summed E-state index contributed by atoms with van der Waals surface area (Å²) in [6, 6.07) is 13.8. The van der Waals surface area contributed by atoms with Crippen molar-refractivity contribution in [1.82, 2.24) is 10.2 Å². The summed E-state index contributed by atoms with van der Waals surface area (Å²) in [7, 11) is 3.29. The summed E-state index contributed by atoms with van der Waals surface area (Å²) in [5, 5.41) is 3.15. The standard InChI is InChI=1S/C23H30N2O3/c1-17-9-5-6-10-19(17)23(26)24-16-20(25-13-7-4-8-14-25)18-11-12-21(27-2)22(15-18)28-3/h5-6,9-12,15,20H,4,7-8,13-14,16H2,1-3H3,(H,24,26). The molecule has 2 aromatic carbocycles. The number of carbonyl (C=O) groups excluding carboxylic acids is 1. The Hall–Kier alpha value is -2.53. The lowest BCUT2D eigenvalue weighted by Crippen LogP contribution is -2.40. The Morgan fingerprint density at radius 3 is 2.43 bits per heavy atom. The van der Waals surface area contributed by atoms with Crippen LogP contribution in [-0.2, 0) is 0 Å². The Labute approximate surface area is 167 Å². The average molecular weight is 383 g/mol. The number of nitrogens with zero attached hydrogens (tertiary/aromatic N) is 1. The van der Waals surface area contributed by atoms with Gasteiger partial charge in [-0.15, -0.1) is 0 Å². The highest BCUT2D eigenvalue weighted by Gasteiger charge is 2.24. The van der Waals surface area contributed by atoms with Crippen LogP contribution in [0.25, 0.3) is 0 Å². The van der Waals surface area contributed by atoms with E-state index in [-0.39, 0.29) is 11.9 Å². The van der Waals surface area contributed by atoms with Gasteiger partial charge in [-0.1, -0.05) is 30.7 Å². The predicted octanol–water partition coefficient (Wildman–Crippen LogP) is 3.97. The molecule has 0 aromatic heterocycles. The van der Waals surface area contributed by atoms with Crippen LogP contribution >= 0.6 is 0 Å². The summed E-state index contributed by atoms with van der Waals surface area (Å²) in [4.78, 5) is 15.2. The molecule has 1 atom stereocenters. The van der Waals surface area contributed by atoms with Gasteiger partial charge in [0.15, 0.2) is 11.5 Å². The largest absolute Gasteiger partial charge is 0.493 e. The smallest absolute Gasteiger partial charge is 0.251 e. The van der Waals surface area contributed by atoms with Gasteiger partial charge in [-0.2, -0.15) is 0 Å². The van der Waals surface area contributed by atoms with Crippen molar-refractivity contribution in [2.75, 3.05) is 33.9 Å². The Morgan fingerprint density at radius 1 is 1.04 bits per heavy atom. The molecule has 3 rings (SSSR count). The Kier molecular flexibility index (Phi) is 6.93. The molecular weight excluding hydrogens is 352 g/mol. The van der Waals surface area contributed by atoms with Crippen LogP contribution in [0.4, 0.5) is 0 Å². The van der Waals surface area contributed by atoms with Gasteiger partial charge in [-0.3, -0.25) is 9.69 Å². The summed E-state index contributed by atoms with van der Waals surface area (Å²) in [5.41, 5.74) is 2.84. The second kappa shape index (κ2) is 9.60. The second-order valence-electron chi connectivity index (χ2n) is 7.25. The third-order valence-electron chi connectivity index (χ3n) is 5.47. The molecular formula is C23H30N2O3. The van der Waals surface area contributed by atoms with E-state index in [1.165, 1.54) is 19.3 Å². The van der Waals surface area contributed by atoms with Gasteiger partial charge in [-0.05, 0) is 62.2 Å². The van der Waals surface area contributed by atoms with Crippen LogP contribution in [0.15, 0.2) is 42.5 Å². The van der Waals surface area contributed by atoms with Crippen LogP contribution in [0.2, 0.25) is 0 Å². The number of rotatable bonds is 7. The van der Waals surface area contributed by atoms with E-state index in [1.807, 2.05) is 43.3 Å². The molecule has 1 amide bonds. The first-order valence-corrected chi connectivity index (χ1v) is 9.94.